The number of rotatable bonds is 4. The first-order valence-electron chi connectivity index (χ1n) is 8.54. The van der Waals surface area contributed by atoms with Crippen molar-refractivity contribution in [2.45, 2.75) is 19.4 Å². The van der Waals surface area contributed by atoms with Crippen LogP contribution < -0.4 is 0 Å². The molecule has 0 bridgehead atoms. The van der Waals surface area contributed by atoms with Crippen molar-refractivity contribution in [1.82, 2.24) is 19.8 Å². The van der Waals surface area contributed by atoms with Crippen LogP contribution in [0.5, 0.6) is 0 Å². The number of hydrogen-bond donors (Lipinski definition) is 0. The Labute approximate surface area is 157 Å². The second-order valence-corrected chi connectivity index (χ2v) is 7.58. The van der Waals surface area contributed by atoms with Crippen LogP contribution in [-0.2, 0) is 11.3 Å². The van der Waals surface area contributed by atoms with Crippen LogP contribution in [-0.4, -0.2) is 52.9 Å². The molecule has 1 aliphatic rings. The Morgan fingerprint density at radius 2 is 1.88 bits per heavy atom. The number of halogens is 1. The molecule has 0 radical (unpaired) electrons. The van der Waals surface area contributed by atoms with Crippen LogP contribution in [0.4, 0.5) is 0 Å². The third-order valence-corrected chi connectivity index (χ3v) is 5.11. The van der Waals surface area contributed by atoms with Crippen LogP contribution in [0.3, 0.4) is 0 Å². The number of benzene rings is 1. The molecule has 1 aliphatic heterocycles. The lowest BCUT2D eigenvalue weighted by Crippen LogP contribution is -2.39. The van der Waals surface area contributed by atoms with Crippen molar-refractivity contribution < 1.29 is 4.79 Å². The van der Waals surface area contributed by atoms with E-state index >= 15 is 0 Å². The number of piperidine rings is 1. The monoisotopic (exact) mass is 402 g/mol. The van der Waals surface area contributed by atoms with Gasteiger partial charge < -0.3 is 4.90 Å². The van der Waals surface area contributed by atoms with Crippen LogP contribution in [0.15, 0.2) is 41.0 Å². The number of carbonyl (C=O) groups excluding carboxylic acids is 1. The van der Waals surface area contributed by atoms with E-state index in [1.54, 1.807) is 4.90 Å². The molecule has 0 atom stereocenters. The van der Waals surface area contributed by atoms with E-state index in [9.17, 15) is 4.79 Å². The average Bonchev–Trinajstić information content (AvgIpc) is 2.62. The molecule has 1 fully saturated rings. The lowest BCUT2D eigenvalue weighted by molar-refractivity contribution is -0.134. The van der Waals surface area contributed by atoms with Gasteiger partial charge in [-0.1, -0.05) is 28.1 Å². The molecule has 1 saturated heterocycles. The molecule has 6 heteroatoms. The molecule has 1 aromatic carbocycles. The Bertz CT molecular complexity index is 724. The van der Waals surface area contributed by atoms with Gasteiger partial charge in [-0.25, -0.2) is 9.97 Å². The smallest absolute Gasteiger partial charge is 0.225 e. The Kier molecular flexibility index (Phi) is 5.81. The Morgan fingerprint density at radius 3 is 2.52 bits per heavy atom. The first-order valence-corrected chi connectivity index (χ1v) is 9.33. The van der Waals surface area contributed by atoms with Gasteiger partial charge in [0.05, 0.1) is 5.69 Å². The van der Waals surface area contributed by atoms with Crippen LogP contribution in [0.2, 0.25) is 0 Å². The molecule has 132 valence electrons. The largest absolute Gasteiger partial charge is 0.349 e. The maximum atomic E-state index is 12.1. The van der Waals surface area contributed by atoms with Crippen molar-refractivity contribution in [2.75, 3.05) is 27.2 Å². The summed E-state index contributed by atoms with van der Waals surface area (Å²) >= 11 is 3.45. The lowest BCUT2D eigenvalue weighted by Gasteiger charge is -2.32. The van der Waals surface area contributed by atoms with Gasteiger partial charge in [0.1, 0.15) is 0 Å². The fourth-order valence-corrected chi connectivity index (χ4v) is 3.42. The molecule has 3 rings (SSSR count). The van der Waals surface area contributed by atoms with Crippen LogP contribution >= 0.6 is 15.9 Å². The van der Waals surface area contributed by atoms with Crippen LogP contribution in [0.25, 0.3) is 11.4 Å². The standard InChI is InChI=1S/C19H23BrN4O/c1-23(2)19(25)15-8-11-24(12-9-15)13-17-7-10-21-18(22-17)14-3-5-16(20)6-4-14/h3-7,10,15H,8-9,11-13H2,1-2H3. The topological polar surface area (TPSA) is 49.3 Å². The second kappa shape index (κ2) is 8.06. The quantitative estimate of drug-likeness (QED) is 0.787. The average molecular weight is 403 g/mol. The van der Waals surface area contributed by atoms with E-state index < -0.39 is 0 Å². The minimum absolute atomic E-state index is 0.162. The summed E-state index contributed by atoms with van der Waals surface area (Å²) in [5.74, 6) is 1.16. The van der Waals surface area contributed by atoms with Gasteiger partial charge in [-0.2, -0.15) is 0 Å². The second-order valence-electron chi connectivity index (χ2n) is 6.66. The van der Waals surface area contributed by atoms with Crippen molar-refractivity contribution in [3.05, 3.63) is 46.7 Å². The van der Waals surface area contributed by atoms with E-state index in [-0.39, 0.29) is 11.8 Å². The molecular weight excluding hydrogens is 380 g/mol. The molecule has 1 aromatic heterocycles. The molecule has 0 aliphatic carbocycles. The summed E-state index contributed by atoms with van der Waals surface area (Å²) in [6, 6.07) is 10.00. The van der Waals surface area contributed by atoms with Gasteiger partial charge in [0.2, 0.25) is 5.91 Å². The molecule has 25 heavy (non-hydrogen) atoms. The fourth-order valence-electron chi connectivity index (χ4n) is 3.15. The summed E-state index contributed by atoms with van der Waals surface area (Å²) in [4.78, 5) is 25.2. The molecule has 0 spiro atoms. The Balaban J connectivity index is 1.62. The summed E-state index contributed by atoms with van der Waals surface area (Å²) in [6.07, 6.45) is 3.66. The number of nitrogens with zero attached hydrogens (tertiary/aromatic N) is 4. The number of likely N-dealkylation sites (tertiary alicyclic amines) is 1. The first-order chi connectivity index (χ1) is 12.0. The van der Waals surface area contributed by atoms with Gasteiger partial charge in [0.15, 0.2) is 5.82 Å². The highest BCUT2D eigenvalue weighted by Gasteiger charge is 2.26. The number of hydrogen-bond acceptors (Lipinski definition) is 4. The summed E-state index contributed by atoms with van der Waals surface area (Å²) in [5.41, 5.74) is 2.03. The molecule has 5 nitrogen and oxygen atoms in total. The predicted octanol–water partition coefficient (Wildman–Crippen LogP) is 3.21. The highest BCUT2D eigenvalue weighted by atomic mass is 79.9. The number of carbonyl (C=O) groups is 1. The minimum atomic E-state index is 0.162. The van der Waals surface area contributed by atoms with Gasteiger partial charge in [0, 0.05) is 42.8 Å². The van der Waals surface area contributed by atoms with E-state index in [1.807, 2.05) is 50.6 Å². The molecule has 0 N–H and O–H groups in total. The summed E-state index contributed by atoms with van der Waals surface area (Å²) in [7, 11) is 3.67. The molecule has 2 heterocycles. The zero-order valence-corrected chi connectivity index (χ0v) is 16.2. The van der Waals surface area contributed by atoms with Gasteiger partial charge >= 0.3 is 0 Å². The summed E-state index contributed by atoms with van der Waals surface area (Å²) < 4.78 is 1.04. The third kappa shape index (κ3) is 4.64. The van der Waals surface area contributed by atoms with E-state index in [0.29, 0.717) is 0 Å². The Hall–Kier alpha value is -1.79. The van der Waals surface area contributed by atoms with Gasteiger partial charge in [-0.3, -0.25) is 9.69 Å². The predicted molar refractivity (Wildman–Crippen MR) is 102 cm³/mol. The zero-order valence-electron chi connectivity index (χ0n) is 14.7. The van der Waals surface area contributed by atoms with Crippen molar-refractivity contribution >= 4 is 21.8 Å². The van der Waals surface area contributed by atoms with E-state index in [1.165, 1.54) is 0 Å². The highest BCUT2D eigenvalue weighted by Crippen LogP contribution is 2.21. The van der Waals surface area contributed by atoms with Crippen molar-refractivity contribution in [3.8, 4) is 11.4 Å². The van der Waals surface area contributed by atoms with Crippen molar-refractivity contribution in [1.29, 1.82) is 0 Å². The van der Waals surface area contributed by atoms with Crippen molar-refractivity contribution in [2.24, 2.45) is 5.92 Å². The fraction of sp³-hybridized carbons (Fsp3) is 0.421. The molecule has 0 saturated carbocycles. The first kappa shape index (κ1) is 18.0. The minimum Gasteiger partial charge on any atom is -0.349 e. The lowest BCUT2D eigenvalue weighted by atomic mass is 9.95. The highest BCUT2D eigenvalue weighted by molar-refractivity contribution is 9.10. The maximum Gasteiger partial charge on any atom is 0.225 e. The molecule has 0 unspecified atom stereocenters. The number of amides is 1. The Morgan fingerprint density at radius 1 is 1.20 bits per heavy atom. The molecule has 2 aromatic rings. The summed E-state index contributed by atoms with van der Waals surface area (Å²) in [5, 5.41) is 0. The van der Waals surface area contributed by atoms with E-state index in [0.717, 1.165) is 54.0 Å². The van der Waals surface area contributed by atoms with Crippen LogP contribution in [0.1, 0.15) is 18.5 Å². The van der Waals surface area contributed by atoms with Gasteiger partial charge in [-0.15, -0.1) is 0 Å². The van der Waals surface area contributed by atoms with E-state index in [2.05, 4.69) is 25.8 Å². The summed E-state index contributed by atoms with van der Waals surface area (Å²) in [6.45, 7) is 2.67. The zero-order chi connectivity index (χ0) is 17.8. The molecule has 1 amide bonds. The third-order valence-electron chi connectivity index (χ3n) is 4.58. The molecular formula is C19H23BrN4O. The SMILES string of the molecule is CN(C)C(=O)C1CCN(Cc2ccnc(-c3ccc(Br)cc3)n2)CC1. The van der Waals surface area contributed by atoms with Gasteiger partial charge in [-0.05, 0) is 44.1 Å². The number of aromatic nitrogens is 2. The van der Waals surface area contributed by atoms with Gasteiger partial charge in [0.25, 0.3) is 0 Å². The van der Waals surface area contributed by atoms with E-state index in [4.69, 9.17) is 4.98 Å². The normalized spacial score (nSPS) is 16.0. The van der Waals surface area contributed by atoms with Crippen molar-refractivity contribution in [3.63, 3.8) is 0 Å². The maximum absolute atomic E-state index is 12.1. The van der Waals surface area contributed by atoms with Crippen LogP contribution in [0, 0.1) is 5.92 Å².